The lowest BCUT2D eigenvalue weighted by Crippen LogP contribution is -2.35. The van der Waals surface area contributed by atoms with Crippen LogP contribution in [0.5, 0.6) is 0 Å². The van der Waals surface area contributed by atoms with E-state index in [1.807, 2.05) is 5.38 Å². The Morgan fingerprint density at radius 2 is 2.15 bits per heavy atom. The molecule has 2 amide bonds. The Kier molecular flexibility index (Phi) is 6.72. The Morgan fingerprint density at radius 3 is 2.70 bits per heavy atom. The number of aliphatic carboxylic acids is 1. The van der Waals surface area contributed by atoms with Crippen LogP contribution in [0.15, 0.2) is 16.8 Å². The molecule has 0 atom stereocenters. The average Bonchev–Trinajstić information content (AvgIpc) is 2.94. The molecule has 1 aromatic heterocycles. The third kappa shape index (κ3) is 5.40. The summed E-state index contributed by atoms with van der Waals surface area (Å²) in [4.78, 5) is 35.2. The highest BCUT2D eigenvalue weighted by atomic mass is 32.1. The average molecular weight is 298 g/mol. The summed E-state index contributed by atoms with van der Waals surface area (Å²) < 4.78 is 0. The van der Waals surface area contributed by atoms with Crippen LogP contribution in [0.4, 0.5) is 0 Å². The lowest BCUT2D eigenvalue weighted by molar-refractivity contribution is -0.144. The quantitative estimate of drug-likeness (QED) is 0.706. The minimum atomic E-state index is -1.02. The van der Waals surface area contributed by atoms with E-state index in [-0.39, 0.29) is 24.8 Å². The van der Waals surface area contributed by atoms with Crippen molar-refractivity contribution in [3.05, 3.63) is 22.4 Å². The number of carbonyl (C=O) groups is 3. The summed E-state index contributed by atoms with van der Waals surface area (Å²) in [7, 11) is 0. The van der Waals surface area contributed by atoms with Gasteiger partial charge in [-0.25, -0.2) is 0 Å². The first-order chi connectivity index (χ1) is 9.54. The van der Waals surface area contributed by atoms with Crippen molar-refractivity contribution in [3.63, 3.8) is 0 Å². The minimum Gasteiger partial charge on any atom is -0.480 e. The Labute approximate surface area is 121 Å². The monoisotopic (exact) mass is 298 g/mol. The Hall–Kier alpha value is -1.89. The lowest BCUT2D eigenvalue weighted by Gasteiger charge is -2.18. The Morgan fingerprint density at radius 1 is 1.40 bits per heavy atom. The number of nitrogens with one attached hydrogen (secondary N) is 1. The van der Waals surface area contributed by atoms with Crippen LogP contribution in [-0.2, 0) is 9.59 Å². The van der Waals surface area contributed by atoms with Crippen molar-refractivity contribution in [2.75, 3.05) is 19.6 Å². The summed E-state index contributed by atoms with van der Waals surface area (Å²) >= 11 is 1.45. The standard InChI is InChI=1S/C13H18N2O4S/c1-2-15(8-12(17)18)11(16)4-3-6-14-13(19)10-5-7-20-9-10/h5,7,9H,2-4,6,8H2,1H3,(H,14,19)(H,17,18). The van der Waals surface area contributed by atoms with Gasteiger partial charge in [0.25, 0.3) is 5.91 Å². The number of hydrogen-bond donors (Lipinski definition) is 2. The van der Waals surface area contributed by atoms with Crippen molar-refractivity contribution < 1.29 is 19.5 Å². The van der Waals surface area contributed by atoms with E-state index in [9.17, 15) is 14.4 Å². The molecule has 0 unspecified atom stereocenters. The molecule has 0 fully saturated rings. The maximum absolute atomic E-state index is 11.7. The number of carboxylic acids is 1. The summed E-state index contributed by atoms with van der Waals surface area (Å²) in [6.07, 6.45) is 0.718. The molecule has 7 heteroatoms. The van der Waals surface area contributed by atoms with Crippen LogP contribution in [0.3, 0.4) is 0 Å². The highest BCUT2D eigenvalue weighted by Gasteiger charge is 2.14. The van der Waals surface area contributed by atoms with E-state index in [2.05, 4.69) is 5.32 Å². The third-order valence-electron chi connectivity index (χ3n) is 2.70. The van der Waals surface area contributed by atoms with Gasteiger partial charge in [0.1, 0.15) is 6.54 Å². The fourth-order valence-electron chi connectivity index (χ4n) is 1.63. The molecule has 0 aliphatic rings. The predicted molar refractivity (Wildman–Crippen MR) is 75.8 cm³/mol. The molecule has 110 valence electrons. The van der Waals surface area contributed by atoms with Crippen molar-refractivity contribution in [2.45, 2.75) is 19.8 Å². The van der Waals surface area contributed by atoms with Crippen molar-refractivity contribution in [1.29, 1.82) is 0 Å². The predicted octanol–water partition coefficient (Wildman–Crippen LogP) is 1.19. The first kappa shape index (κ1) is 16.2. The highest BCUT2D eigenvalue weighted by molar-refractivity contribution is 7.08. The van der Waals surface area contributed by atoms with Gasteiger partial charge in [0.05, 0.1) is 0 Å². The smallest absolute Gasteiger partial charge is 0.323 e. The van der Waals surface area contributed by atoms with Gasteiger partial charge in [-0.2, -0.15) is 11.3 Å². The van der Waals surface area contributed by atoms with Crippen molar-refractivity contribution in [2.24, 2.45) is 0 Å². The number of carbonyl (C=O) groups excluding carboxylic acids is 2. The van der Waals surface area contributed by atoms with Gasteiger partial charge in [-0.15, -0.1) is 0 Å². The second-order valence-electron chi connectivity index (χ2n) is 4.17. The first-order valence-electron chi connectivity index (χ1n) is 6.34. The zero-order valence-electron chi connectivity index (χ0n) is 11.3. The van der Waals surface area contributed by atoms with Gasteiger partial charge in [-0.3, -0.25) is 14.4 Å². The van der Waals surface area contributed by atoms with Crippen LogP contribution in [-0.4, -0.2) is 47.4 Å². The molecule has 0 saturated carbocycles. The van der Waals surface area contributed by atoms with E-state index < -0.39 is 5.97 Å². The molecule has 0 bridgehead atoms. The van der Waals surface area contributed by atoms with Crippen LogP contribution in [0, 0.1) is 0 Å². The summed E-state index contributed by atoms with van der Waals surface area (Å²) in [6, 6.07) is 1.73. The van der Waals surface area contributed by atoms with Crippen LogP contribution in [0.25, 0.3) is 0 Å². The molecule has 0 radical (unpaired) electrons. The van der Waals surface area contributed by atoms with Gasteiger partial charge in [0.15, 0.2) is 0 Å². The Bertz CT molecular complexity index is 459. The molecule has 0 aliphatic carbocycles. The number of thiophene rings is 1. The molecular formula is C13H18N2O4S. The number of rotatable bonds is 8. The Balaban J connectivity index is 2.24. The van der Waals surface area contributed by atoms with E-state index in [0.717, 1.165) is 0 Å². The van der Waals surface area contributed by atoms with E-state index in [0.29, 0.717) is 25.1 Å². The van der Waals surface area contributed by atoms with Crippen LogP contribution in [0.2, 0.25) is 0 Å². The summed E-state index contributed by atoms with van der Waals surface area (Å²) in [6.45, 7) is 2.22. The van der Waals surface area contributed by atoms with Gasteiger partial charge in [-0.1, -0.05) is 0 Å². The van der Waals surface area contributed by atoms with Gasteiger partial charge in [-0.05, 0) is 24.8 Å². The molecule has 0 aromatic carbocycles. The number of likely N-dealkylation sites (N-methyl/N-ethyl adjacent to an activating group) is 1. The molecule has 6 nitrogen and oxygen atoms in total. The van der Waals surface area contributed by atoms with Crippen LogP contribution >= 0.6 is 11.3 Å². The molecule has 0 saturated heterocycles. The lowest BCUT2D eigenvalue weighted by atomic mass is 10.2. The topological polar surface area (TPSA) is 86.7 Å². The van der Waals surface area contributed by atoms with E-state index in [1.54, 1.807) is 18.4 Å². The van der Waals surface area contributed by atoms with Crippen molar-refractivity contribution in [1.82, 2.24) is 10.2 Å². The number of amides is 2. The summed E-state index contributed by atoms with van der Waals surface area (Å²) in [5.74, 6) is -1.39. The zero-order valence-corrected chi connectivity index (χ0v) is 12.1. The fourth-order valence-corrected chi connectivity index (χ4v) is 2.27. The SMILES string of the molecule is CCN(CC(=O)O)C(=O)CCCNC(=O)c1ccsc1. The molecule has 1 rings (SSSR count). The normalized spacial score (nSPS) is 10.1. The third-order valence-corrected chi connectivity index (χ3v) is 3.38. The second-order valence-corrected chi connectivity index (χ2v) is 4.95. The molecule has 0 aliphatic heterocycles. The fraction of sp³-hybridized carbons (Fsp3) is 0.462. The molecule has 1 heterocycles. The molecule has 1 aromatic rings. The molecular weight excluding hydrogens is 280 g/mol. The van der Waals surface area contributed by atoms with Gasteiger partial charge in [0, 0.05) is 30.5 Å². The van der Waals surface area contributed by atoms with E-state index in [4.69, 9.17) is 5.11 Å². The minimum absolute atomic E-state index is 0.156. The van der Waals surface area contributed by atoms with E-state index in [1.165, 1.54) is 16.2 Å². The molecule has 2 N–H and O–H groups in total. The van der Waals surface area contributed by atoms with E-state index >= 15 is 0 Å². The van der Waals surface area contributed by atoms with Crippen molar-refractivity contribution >= 4 is 29.1 Å². The van der Waals surface area contributed by atoms with Crippen LogP contribution in [0.1, 0.15) is 30.1 Å². The van der Waals surface area contributed by atoms with Crippen molar-refractivity contribution in [3.8, 4) is 0 Å². The molecule has 20 heavy (non-hydrogen) atoms. The van der Waals surface area contributed by atoms with Gasteiger partial charge < -0.3 is 15.3 Å². The van der Waals surface area contributed by atoms with Gasteiger partial charge >= 0.3 is 5.97 Å². The first-order valence-corrected chi connectivity index (χ1v) is 7.28. The zero-order chi connectivity index (χ0) is 15.0. The second kappa shape index (κ2) is 8.31. The van der Waals surface area contributed by atoms with Crippen LogP contribution < -0.4 is 5.32 Å². The largest absolute Gasteiger partial charge is 0.480 e. The maximum atomic E-state index is 11.7. The number of carboxylic acid groups (broad SMARTS) is 1. The molecule has 0 spiro atoms. The summed E-state index contributed by atoms with van der Waals surface area (Å²) in [5, 5.41) is 15.0. The highest BCUT2D eigenvalue weighted by Crippen LogP contribution is 2.05. The summed E-state index contributed by atoms with van der Waals surface area (Å²) in [5.41, 5.74) is 0.613. The number of hydrogen-bond acceptors (Lipinski definition) is 4. The maximum Gasteiger partial charge on any atom is 0.323 e. The number of nitrogens with zero attached hydrogens (tertiary/aromatic N) is 1. The van der Waals surface area contributed by atoms with Gasteiger partial charge in [0.2, 0.25) is 5.91 Å².